The van der Waals surface area contributed by atoms with E-state index in [0.717, 1.165) is 23.0 Å². The molecule has 0 spiro atoms. The third kappa shape index (κ3) is 6.30. The van der Waals surface area contributed by atoms with Crippen molar-refractivity contribution in [3.63, 3.8) is 0 Å². The van der Waals surface area contributed by atoms with Gasteiger partial charge in [0, 0.05) is 0 Å². The summed E-state index contributed by atoms with van der Waals surface area (Å²) in [5, 5.41) is 5.60. The Morgan fingerprint density at radius 1 is 0.400 bits per heavy atom. The minimum Gasteiger partial charge on any atom is -0.497 e. The zero-order valence-corrected chi connectivity index (χ0v) is 25.5. The normalized spacial score (nSPS) is 17.1. The maximum Gasteiger partial charge on any atom is 0.118 e. The highest BCUT2D eigenvalue weighted by Crippen LogP contribution is 2.56. The van der Waals surface area contributed by atoms with Crippen LogP contribution in [0, 0.1) is 0 Å². The predicted molar refractivity (Wildman–Crippen MR) is 170 cm³/mol. The van der Waals surface area contributed by atoms with Crippen LogP contribution in [0.5, 0.6) is 23.0 Å². The van der Waals surface area contributed by atoms with Gasteiger partial charge in [0.25, 0.3) is 0 Å². The smallest absolute Gasteiger partial charge is 0.118 e. The summed E-state index contributed by atoms with van der Waals surface area (Å²) in [7, 11) is 5.69. The molecule has 4 aromatic rings. The number of benzene rings is 4. The Kier molecular flexibility index (Phi) is 9.63. The molecule has 0 aliphatic heterocycles. The van der Waals surface area contributed by atoms with Crippen molar-refractivity contribution in [2.45, 2.75) is 37.0 Å². The van der Waals surface area contributed by atoms with Crippen LogP contribution in [0.4, 0.5) is 0 Å². The standard InChI is InChI=1S/C34H38O4P2/c1-35-25-9-17-29(18-10-25)39(30-19-11-26(36-2)12-20-30)33-7-5-6-8-34(33)40(31-21-13-27(37-3)14-22-31)32-23-15-28(38-4)16-24-32/h9-24,33-34H,5-8H2,1-4H3/t33-,34-/m0/s1. The molecule has 1 aliphatic rings. The summed E-state index contributed by atoms with van der Waals surface area (Å²) < 4.78 is 22.1. The van der Waals surface area contributed by atoms with E-state index < -0.39 is 15.8 Å². The van der Waals surface area contributed by atoms with Gasteiger partial charge < -0.3 is 18.9 Å². The van der Waals surface area contributed by atoms with E-state index in [2.05, 4.69) is 97.1 Å². The second kappa shape index (κ2) is 13.5. The first-order valence-electron chi connectivity index (χ1n) is 13.8. The van der Waals surface area contributed by atoms with Crippen LogP contribution in [-0.4, -0.2) is 39.8 Å². The molecule has 1 aliphatic carbocycles. The van der Waals surface area contributed by atoms with E-state index in [0.29, 0.717) is 11.3 Å². The summed E-state index contributed by atoms with van der Waals surface area (Å²) in [6, 6.07) is 35.2. The molecule has 1 fully saturated rings. The highest BCUT2D eigenvalue weighted by Gasteiger charge is 2.39. The van der Waals surface area contributed by atoms with Gasteiger partial charge in [-0.1, -0.05) is 61.4 Å². The van der Waals surface area contributed by atoms with Crippen LogP contribution >= 0.6 is 15.8 Å². The van der Waals surface area contributed by atoms with E-state index in [4.69, 9.17) is 18.9 Å². The molecule has 0 bridgehead atoms. The molecule has 0 unspecified atom stereocenters. The summed E-state index contributed by atoms with van der Waals surface area (Å²) in [6.07, 6.45) is 4.97. The van der Waals surface area contributed by atoms with Crippen LogP contribution in [0.3, 0.4) is 0 Å². The zero-order chi connectivity index (χ0) is 27.9. The minimum atomic E-state index is -0.619. The van der Waals surface area contributed by atoms with E-state index in [1.165, 1.54) is 46.9 Å². The van der Waals surface area contributed by atoms with E-state index in [1.54, 1.807) is 28.4 Å². The van der Waals surface area contributed by atoms with Gasteiger partial charge in [0.1, 0.15) is 23.0 Å². The second-order valence-corrected chi connectivity index (χ2v) is 14.8. The molecule has 0 amide bonds. The summed E-state index contributed by atoms with van der Waals surface area (Å²) in [5.74, 6) is 3.58. The van der Waals surface area contributed by atoms with Crippen LogP contribution in [0.25, 0.3) is 0 Å². The molecule has 0 radical (unpaired) electrons. The maximum atomic E-state index is 5.52. The molecule has 208 valence electrons. The number of hydrogen-bond donors (Lipinski definition) is 0. The molecule has 6 heteroatoms. The Morgan fingerprint density at radius 2 is 0.625 bits per heavy atom. The third-order valence-electron chi connectivity index (χ3n) is 7.76. The zero-order valence-electron chi connectivity index (χ0n) is 23.7. The van der Waals surface area contributed by atoms with Gasteiger partial charge in [-0.2, -0.15) is 0 Å². The summed E-state index contributed by atoms with van der Waals surface area (Å²) in [6.45, 7) is 0. The van der Waals surface area contributed by atoms with E-state index in [9.17, 15) is 0 Å². The molecule has 2 atom stereocenters. The van der Waals surface area contributed by atoms with Crippen LogP contribution in [0.2, 0.25) is 0 Å². The van der Waals surface area contributed by atoms with Gasteiger partial charge in [-0.05, 0) is 110 Å². The van der Waals surface area contributed by atoms with Crippen LogP contribution in [-0.2, 0) is 0 Å². The molecular weight excluding hydrogens is 534 g/mol. The number of hydrogen-bond acceptors (Lipinski definition) is 4. The first kappa shape index (κ1) is 28.5. The molecule has 0 heterocycles. The summed E-state index contributed by atoms with van der Waals surface area (Å²) >= 11 is 0. The molecule has 4 nitrogen and oxygen atoms in total. The van der Waals surface area contributed by atoms with Crippen molar-refractivity contribution in [2.24, 2.45) is 0 Å². The predicted octanol–water partition coefficient (Wildman–Crippen LogP) is 6.60. The van der Waals surface area contributed by atoms with Gasteiger partial charge >= 0.3 is 0 Å². The molecule has 0 N–H and O–H groups in total. The Morgan fingerprint density at radius 3 is 0.825 bits per heavy atom. The lowest BCUT2D eigenvalue weighted by molar-refractivity contribution is 0.415. The van der Waals surface area contributed by atoms with Crippen molar-refractivity contribution in [3.05, 3.63) is 97.1 Å². The fraction of sp³-hybridized carbons (Fsp3) is 0.294. The Labute approximate surface area is 241 Å². The Bertz CT molecular complexity index is 1140. The van der Waals surface area contributed by atoms with Crippen LogP contribution in [0.1, 0.15) is 25.7 Å². The van der Waals surface area contributed by atoms with Crippen molar-refractivity contribution in [1.82, 2.24) is 0 Å². The highest BCUT2D eigenvalue weighted by molar-refractivity contribution is 7.77. The van der Waals surface area contributed by atoms with E-state index >= 15 is 0 Å². The molecule has 0 aromatic heterocycles. The Hall–Kier alpha value is -3.06. The second-order valence-electron chi connectivity index (χ2n) is 9.95. The maximum absolute atomic E-state index is 5.52. The van der Waals surface area contributed by atoms with Gasteiger partial charge in [0.2, 0.25) is 0 Å². The molecule has 4 aromatic carbocycles. The monoisotopic (exact) mass is 572 g/mol. The van der Waals surface area contributed by atoms with Crippen LogP contribution < -0.4 is 40.2 Å². The largest absolute Gasteiger partial charge is 0.497 e. The van der Waals surface area contributed by atoms with E-state index in [1.807, 2.05) is 0 Å². The average Bonchev–Trinajstić information content (AvgIpc) is 3.03. The average molecular weight is 573 g/mol. The molecule has 1 saturated carbocycles. The SMILES string of the molecule is COc1ccc(P(c2ccc(OC)cc2)[C@H]2CCCC[C@@H]2P(c2ccc(OC)cc2)c2ccc(OC)cc2)cc1. The van der Waals surface area contributed by atoms with Crippen molar-refractivity contribution >= 4 is 37.1 Å². The quantitative estimate of drug-likeness (QED) is 0.201. The Balaban J connectivity index is 1.62. The van der Waals surface area contributed by atoms with Crippen molar-refractivity contribution in [3.8, 4) is 23.0 Å². The molecule has 0 saturated heterocycles. The topological polar surface area (TPSA) is 36.9 Å². The fourth-order valence-corrected chi connectivity index (χ4v) is 12.4. The van der Waals surface area contributed by atoms with E-state index in [-0.39, 0.29) is 0 Å². The lowest BCUT2D eigenvalue weighted by Gasteiger charge is -2.42. The third-order valence-corrected chi connectivity index (χ3v) is 14.0. The van der Waals surface area contributed by atoms with Gasteiger partial charge in [-0.3, -0.25) is 0 Å². The molecule has 5 rings (SSSR count). The van der Waals surface area contributed by atoms with Gasteiger partial charge in [0.15, 0.2) is 0 Å². The minimum absolute atomic E-state index is 0.542. The number of ether oxygens (including phenoxy) is 4. The van der Waals surface area contributed by atoms with Gasteiger partial charge in [0.05, 0.1) is 28.4 Å². The molecule has 40 heavy (non-hydrogen) atoms. The highest BCUT2D eigenvalue weighted by atomic mass is 31.1. The first-order chi connectivity index (χ1) is 19.6. The lowest BCUT2D eigenvalue weighted by Crippen LogP contribution is -2.37. The van der Waals surface area contributed by atoms with Crippen molar-refractivity contribution in [1.29, 1.82) is 0 Å². The first-order valence-corrected chi connectivity index (χ1v) is 16.6. The lowest BCUT2D eigenvalue weighted by atomic mass is 9.99. The van der Waals surface area contributed by atoms with Crippen molar-refractivity contribution < 1.29 is 18.9 Å². The summed E-state index contributed by atoms with van der Waals surface area (Å²) in [5.41, 5.74) is 1.08. The molecular formula is C34H38O4P2. The number of methoxy groups -OCH3 is 4. The van der Waals surface area contributed by atoms with Crippen molar-refractivity contribution in [2.75, 3.05) is 28.4 Å². The van der Waals surface area contributed by atoms with Gasteiger partial charge in [-0.25, -0.2) is 0 Å². The van der Waals surface area contributed by atoms with Crippen LogP contribution in [0.15, 0.2) is 97.1 Å². The summed E-state index contributed by atoms with van der Waals surface area (Å²) in [4.78, 5) is 0. The van der Waals surface area contributed by atoms with Gasteiger partial charge in [-0.15, -0.1) is 0 Å². The fourth-order valence-electron chi connectivity index (χ4n) is 5.73. The number of rotatable bonds is 10.